The highest BCUT2D eigenvalue weighted by molar-refractivity contribution is 8.93. The molecule has 0 aromatic carbocycles. The van der Waals surface area contributed by atoms with Crippen molar-refractivity contribution in [2.75, 3.05) is 0 Å². The quantitative estimate of drug-likeness (QED) is 0.789. The topological polar surface area (TPSA) is 45.9 Å². The molecule has 98 valence electrons. The number of nitrogens with one attached hydrogen (secondary N) is 1. The summed E-state index contributed by atoms with van der Waals surface area (Å²) in [4.78, 5) is 13.3. The van der Waals surface area contributed by atoms with E-state index in [0.717, 1.165) is 4.88 Å². The predicted molar refractivity (Wildman–Crippen MR) is 81.9 cm³/mol. The minimum atomic E-state index is -0.130. The number of carbonyl (C=O) groups excluding carboxylic acids is 1. The van der Waals surface area contributed by atoms with Crippen LogP contribution in [0.3, 0.4) is 0 Å². The van der Waals surface area contributed by atoms with Crippen LogP contribution in [0.1, 0.15) is 15.2 Å². The number of thiazole rings is 1. The molecule has 0 unspecified atom stereocenters. The molecule has 0 amide bonds. The number of thiophene rings is 1. The maximum absolute atomic E-state index is 12.0. The Hall–Kier alpha value is -0.140. The van der Waals surface area contributed by atoms with Crippen LogP contribution in [0.15, 0.2) is 12.3 Å². The van der Waals surface area contributed by atoms with Gasteiger partial charge in [0.25, 0.3) is 0 Å². The van der Waals surface area contributed by atoms with Gasteiger partial charge in [0.05, 0.1) is 16.4 Å². The van der Waals surface area contributed by atoms with Crippen molar-refractivity contribution in [3.05, 3.63) is 36.2 Å². The Balaban J connectivity index is 0.00000162. The summed E-state index contributed by atoms with van der Waals surface area (Å²) < 4.78 is 2.50. The molecule has 0 aliphatic heterocycles. The molecule has 2 rings (SSSR count). The van der Waals surface area contributed by atoms with E-state index in [1.165, 1.54) is 22.7 Å². The van der Waals surface area contributed by atoms with Gasteiger partial charge in [-0.3, -0.25) is 10.2 Å². The van der Waals surface area contributed by atoms with Crippen LogP contribution >= 0.6 is 62.9 Å². The molecule has 18 heavy (non-hydrogen) atoms. The largest absolute Gasteiger partial charge is 0.316 e. The number of hydrogen-bond acceptors (Lipinski definition) is 4. The summed E-state index contributed by atoms with van der Waals surface area (Å²) in [5.41, 5.74) is 0.428. The van der Waals surface area contributed by atoms with E-state index in [0.29, 0.717) is 19.0 Å². The second-order valence-corrected chi connectivity index (χ2v) is 6.96. The molecule has 2 aromatic heterocycles. The lowest BCUT2D eigenvalue weighted by Crippen LogP contribution is -2.18. The number of Topliss-reactive ketones (excluding diaryl/α,β-unsaturated/α-hetero) is 1. The lowest BCUT2D eigenvalue weighted by Gasteiger charge is -2.00. The predicted octanol–water partition coefficient (Wildman–Crippen LogP) is 4.17. The van der Waals surface area contributed by atoms with Crippen LogP contribution in [0.2, 0.25) is 8.67 Å². The first-order chi connectivity index (χ1) is 7.97. The van der Waals surface area contributed by atoms with Gasteiger partial charge >= 0.3 is 0 Å². The smallest absolute Gasteiger partial charge is 0.184 e. The SMILES string of the molecule is Br.Cc1cn(CC(=O)c2cc(Cl)sc2Cl)c(=N)s1. The number of aromatic nitrogens is 1. The average Bonchev–Trinajstić information content (AvgIpc) is 2.70. The number of ketones is 1. The van der Waals surface area contributed by atoms with E-state index in [1.54, 1.807) is 16.8 Å². The van der Waals surface area contributed by atoms with Crippen molar-refractivity contribution in [1.29, 1.82) is 5.41 Å². The first-order valence-corrected chi connectivity index (χ1v) is 7.06. The Bertz CT molecular complexity index is 632. The van der Waals surface area contributed by atoms with Gasteiger partial charge in [-0.1, -0.05) is 23.2 Å². The maximum Gasteiger partial charge on any atom is 0.184 e. The molecule has 0 saturated carbocycles. The Morgan fingerprint density at radius 3 is 2.56 bits per heavy atom. The van der Waals surface area contributed by atoms with Gasteiger partial charge in [-0.15, -0.1) is 39.7 Å². The van der Waals surface area contributed by atoms with Crippen LogP contribution < -0.4 is 4.80 Å². The van der Waals surface area contributed by atoms with Crippen molar-refractivity contribution in [3.8, 4) is 0 Å². The molecule has 0 radical (unpaired) electrons. The lowest BCUT2D eigenvalue weighted by atomic mass is 10.2. The Morgan fingerprint density at radius 1 is 1.44 bits per heavy atom. The van der Waals surface area contributed by atoms with Gasteiger partial charge in [0.1, 0.15) is 4.34 Å². The molecule has 0 saturated heterocycles. The van der Waals surface area contributed by atoms with Crippen LogP contribution in [0.25, 0.3) is 0 Å². The van der Waals surface area contributed by atoms with Gasteiger partial charge in [0.15, 0.2) is 10.6 Å². The maximum atomic E-state index is 12.0. The molecule has 8 heteroatoms. The van der Waals surface area contributed by atoms with Crippen LogP contribution in [-0.2, 0) is 6.54 Å². The molecule has 0 fully saturated rings. The fourth-order valence-corrected chi connectivity index (χ4v) is 3.62. The highest BCUT2D eigenvalue weighted by Crippen LogP contribution is 2.31. The molecule has 0 aliphatic rings. The zero-order valence-corrected chi connectivity index (χ0v) is 14.1. The minimum absolute atomic E-state index is 0. The van der Waals surface area contributed by atoms with Crippen LogP contribution in [0.4, 0.5) is 0 Å². The van der Waals surface area contributed by atoms with Crippen molar-refractivity contribution in [3.63, 3.8) is 0 Å². The van der Waals surface area contributed by atoms with Crippen molar-refractivity contribution in [2.45, 2.75) is 13.5 Å². The summed E-state index contributed by atoms with van der Waals surface area (Å²) in [6.45, 7) is 2.02. The molecule has 3 nitrogen and oxygen atoms in total. The average molecular weight is 388 g/mol. The van der Waals surface area contributed by atoms with Gasteiger partial charge in [-0.2, -0.15) is 0 Å². The Kier molecular flexibility index (Phi) is 5.61. The van der Waals surface area contributed by atoms with Gasteiger partial charge in [-0.25, -0.2) is 0 Å². The number of halogens is 3. The highest BCUT2D eigenvalue weighted by atomic mass is 79.9. The molecule has 0 bridgehead atoms. The molecule has 2 heterocycles. The summed E-state index contributed by atoms with van der Waals surface area (Å²) in [5, 5.41) is 7.68. The minimum Gasteiger partial charge on any atom is -0.316 e. The highest BCUT2D eigenvalue weighted by Gasteiger charge is 2.15. The zero-order valence-electron chi connectivity index (χ0n) is 9.20. The Morgan fingerprint density at radius 2 is 2.11 bits per heavy atom. The van der Waals surface area contributed by atoms with Crippen LogP contribution in [0.5, 0.6) is 0 Å². The van der Waals surface area contributed by atoms with E-state index < -0.39 is 0 Å². The first-order valence-electron chi connectivity index (χ1n) is 4.67. The van der Waals surface area contributed by atoms with Gasteiger partial charge in [0, 0.05) is 11.1 Å². The van der Waals surface area contributed by atoms with Crippen molar-refractivity contribution < 1.29 is 4.79 Å². The fourth-order valence-electron chi connectivity index (χ4n) is 1.40. The monoisotopic (exact) mass is 386 g/mol. The fraction of sp³-hybridized carbons (Fsp3) is 0.200. The third-order valence-electron chi connectivity index (χ3n) is 2.13. The zero-order chi connectivity index (χ0) is 12.6. The third kappa shape index (κ3) is 3.45. The summed E-state index contributed by atoms with van der Waals surface area (Å²) in [7, 11) is 0. The number of carbonyl (C=O) groups is 1. The first kappa shape index (κ1) is 15.9. The number of hydrogen-bond donors (Lipinski definition) is 1. The van der Waals surface area contributed by atoms with E-state index in [2.05, 4.69) is 0 Å². The van der Waals surface area contributed by atoms with E-state index in [-0.39, 0.29) is 29.3 Å². The van der Waals surface area contributed by atoms with Crippen molar-refractivity contribution >= 4 is 68.6 Å². The molecule has 0 atom stereocenters. The summed E-state index contributed by atoms with van der Waals surface area (Å²) in [6, 6.07) is 1.57. The summed E-state index contributed by atoms with van der Waals surface area (Å²) in [5.74, 6) is -0.130. The van der Waals surface area contributed by atoms with Gasteiger partial charge in [0.2, 0.25) is 0 Å². The molecule has 0 aliphatic carbocycles. The molecular weight excluding hydrogens is 379 g/mol. The van der Waals surface area contributed by atoms with E-state index in [9.17, 15) is 4.79 Å². The van der Waals surface area contributed by atoms with Gasteiger partial charge in [-0.05, 0) is 13.0 Å². The third-order valence-corrected chi connectivity index (χ3v) is 4.47. The van der Waals surface area contributed by atoms with E-state index in [1.807, 2.05) is 6.92 Å². The van der Waals surface area contributed by atoms with E-state index in [4.69, 9.17) is 28.6 Å². The second kappa shape index (κ2) is 6.34. The number of nitrogens with zero attached hydrogens (tertiary/aromatic N) is 1. The summed E-state index contributed by atoms with van der Waals surface area (Å²) in [6.07, 6.45) is 1.78. The lowest BCUT2D eigenvalue weighted by molar-refractivity contribution is 0.0971. The summed E-state index contributed by atoms with van der Waals surface area (Å²) >= 11 is 14.2. The molecule has 0 spiro atoms. The van der Waals surface area contributed by atoms with Crippen molar-refractivity contribution in [2.24, 2.45) is 0 Å². The van der Waals surface area contributed by atoms with E-state index >= 15 is 0 Å². The molecule has 1 N–H and O–H groups in total. The second-order valence-electron chi connectivity index (χ2n) is 3.44. The van der Waals surface area contributed by atoms with Crippen LogP contribution in [-0.4, -0.2) is 10.4 Å². The standard InChI is InChI=1S/C10H8Cl2N2OS2.BrH/c1-5-3-14(10(13)16-5)4-7(15)6-2-8(11)17-9(6)12;/h2-3,13H,4H2,1H3;1H. The number of aryl methyl sites for hydroxylation is 1. The van der Waals surface area contributed by atoms with Gasteiger partial charge < -0.3 is 4.57 Å². The number of rotatable bonds is 3. The normalized spacial score (nSPS) is 10.2. The Labute approximate surface area is 132 Å². The molecular formula is C10H9BrCl2N2OS2. The van der Waals surface area contributed by atoms with Crippen LogP contribution in [0, 0.1) is 12.3 Å². The van der Waals surface area contributed by atoms with Crippen molar-refractivity contribution in [1.82, 2.24) is 4.57 Å². The molecule has 2 aromatic rings.